The van der Waals surface area contributed by atoms with Crippen molar-refractivity contribution < 1.29 is 4.84 Å². The molecule has 0 aliphatic rings. The van der Waals surface area contributed by atoms with Gasteiger partial charge in [-0.25, -0.2) is 5.48 Å². The van der Waals surface area contributed by atoms with Crippen LogP contribution < -0.4 is 5.48 Å². The predicted octanol–water partition coefficient (Wildman–Crippen LogP) is 4.84. The van der Waals surface area contributed by atoms with E-state index in [1.165, 1.54) is 64.2 Å². The second-order valence-corrected chi connectivity index (χ2v) is 5.24. The van der Waals surface area contributed by atoms with Gasteiger partial charge in [0.25, 0.3) is 0 Å². The molecule has 0 aliphatic carbocycles. The molecule has 0 aromatic carbocycles. The summed E-state index contributed by atoms with van der Waals surface area (Å²) in [6, 6.07) is 0. The molecule has 0 rings (SSSR count). The third-order valence-corrected chi connectivity index (χ3v) is 2.95. The molecule has 104 valence electrons. The monoisotopic (exact) mass is 243 g/mol. The summed E-state index contributed by atoms with van der Waals surface area (Å²) < 4.78 is 0. The quantitative estimate of drug-likeness (QED) is 0.369. The molecular weight excluding hydrogens is 210 g/mol. The van der Waals surface area contributed by atoms with Gasteiger partial charge >= 0.3 is 0 Å². The standard InChI is InChI=1S/C15H33NO/c1-4-5-6-7-8-9-10-11-12-13-14-16-17-15(2)3/h15-16H,4-14H2,1-3H3. The lowest BCUT2D eigenvalue weighted by atomic mass is 10.1. The van der Waals surface area contributed by atoms with E-state index in [1.807, 2.05) is 13.8 Å². The summed E-state index contributed by atoms with van der Waals surface area (Å²) in [5, 5.41) is 0. The van der Waals surface area contributed by atoms with E-state index in [2.05, 4.69) is 12.4 Å². The van der Waals surface area contributed by atoms with Gasteiger partial charge in [-0.3, -0.25) is 4.84 Å². The van der Waals surface area contributed by atoms with Crippen molar-refractivity contribution in [3.8, 4) is 0 Å². The van der Waals surface area contributed by atoms with Crippen LogP contribution in [-0.4, -0.2) is 12.6 Å². The van der Waals surface area contributed by atoms with Crippen LogP contribution in [0, 0.1) is 0 Å². The highest BCUT2D eigenvalue weighted by Gasteiger charge is 1.94. The molecule has 0 saturated heterocycles. The van der Waals surface area contributed by atoms with Crippen LogP contribution >= 0.6 is 0 Å². The number of hydroxylamine groups is 1. The normalized spacial score (nSPS) is 11.3. The number of nitrogens with one attached hydrogen (secondary N) is 1. The van der Waals surface area contributed by atoms with Gasteiger partial charge in [0, 0.05) is 6.54 Å². The molecule has 2 heteroatoms. The van der Waals surface area contributed by atoms with Gasteiger partial charge in [0.2, 0.25) is 0 Å². The van der Waals surface area contributed by atoms with E-state index < -0.39 is 0 Å². The Morgan fingerprint density at radius 1 is 0.765 bits per heavy atom. The van der Waals surface area contributed by atoms with Crippen LogP contribution in [0.4, 0.5) is 0 Å². The van der Waals surface area contributed by atoms with Gasteiger partial charge in [0.15, 0.2) is 0 Å². The lowest BCUT2D eigenvalue weighted by Gasteiger charge is -2.08. The summed E-state index contributed by atoms with van der Waals surface area (Å²) in [5.74, 6) is 0. The van der Waals surface area contributed by atoms with E-state index in [0.29, 0.717) is 0 Å². The Balaban J connectivity index is 2.89. The van der Waals surface area contributed by atoms with Crippen LogP contribution in [0.25, 0.3) is 0 Å². The van der Waals surface area contributed by atoms with Crippen LogP contribution in [0.5, 0.6) is 0 Å². The lowest BCUT2D eigenvalue weighted by molar-refractivity contribution is -0.00531. The largest absolute Gasteiger partial charge is 0.299 e. The van der Waals surface area contributed by atoms with E-state index in [4.69, 9.17) is 4.84 Å². The predicted molar refractivity (Wildman–Crippen MR) is 76.1 cm³/mol. The molecule has 0 unspecified atom stereocenters. The number of hydrogen-bond acceptors (Lipinski definition) is 2. The molecule has 0 atom stereocenters. The van der Waals surface area contributed by atoms with Crippen LogP contribution in [0.15, 0.2) is 0 Å². The fraction of sp³-hybridized carbons (Fsp3) is 1.00. The molecular formula is C15H33NO. The second-order valence-electron chi connectivity index (χ2n) is 5.24. The molecule has 2 nitrogen and oxygen atoms in total. The number of unbranched alkanes of at least 4 members (excludes halogenated alkanes) is 9. The zero-order valence-electron chi connectivity index (χ0n) is 12.3. The van der Waals surface area contributed by atoms with Gasteiger partial charge in [0.1, 0.15) is 0 Å². The Bertz CT molecular complexity index is 137. The zero-order chi connectivity index (χ0) is 12.8. The maximum Gasteiger partial charge on any atom is 0.0734 e. The Morgan fingerprint density at radius 2 is 1.24 bits per heavy atom. The topological polar surface area (TPSA) is 21.3 Å². The first-order chi connectivity index (χ1) is 8.27. The average Bonchev–Trinajstić information content (AvgIpc) is 2.30. The highest BCUT2D eigenvalue weighted by Crippen LogP contribution is 2.10. The summed E-state index contributed by atoms with van der Waals surface area (Å²) in [6.45, 7) is 7.36. The van der Waals surface area contributed by atoms with Crippen molar-refractivity contribution in [2.24, 2.45) is 0 Å². The van der Waals surface area contributed by atoms with E-state index >= 15 is 0 Å². The fourth-order valence-electron chi connectivity index (χ4n) is 1.91. The minimum atomic E-state index is 0.290. The van der Waals surface area contributed by atoms with Gasteiger partial charge < -0.3 is 0 Å². The summed E-state index contributed by atoms with van der Waals surface area (Å²) in [6.07, 6.45) is 14.2. The fourth-order valence-corrected chi connectivity index (χ4v) is 1.91. The Morgan fingerprint density at radius 3 is 1.71 bits per heavy atom. The van der Waals surface area contributed by atoms with E-state index in [0.717, 1.165) is 6.54 Å². The highest BCUT2D eigenvalue weighted by molar-refractivity contribution is 4.48. The van der Waals surface area contributed by atoms with Crippen LogP contribution in [0.3, 0.4) is 0 Å². The van der Waals surface area contributed by atoms with Crippen molar-refractivity contribution in [3.05, 3.63) is 0 Å². The maximum absolute atomic E-state index is 5.27. The van der Waals surface area contributed by atoms with Crippen molar-refractivity contribution in [2.45, 2.75) is 91.1 Å². The van der Waals surface area contributed by atoms with Crippen molar-refractivity contribution >= 4 is 0 Å². The first kappa shape index (κ1) is 16.9. The van der Waals surface area contributed by atoms with Gasteiger partial charge in [-0.1, -0.05) is 64.7 Å². The third-order valence-electron chi connectivity index (χ3n) is 2.95. The van der Waals surface area contributed by atoms with Crippen molar-refractivity contribution in [2.75, 3.05) is 6.54 Å². The molecule has 0 aromatic rings. The zero-order valence-corrected chi connectivity index (χ0v) is 12.3. The molecule has 17 heavy (non-hydrogen) atoms. The first-order valence-corrected chi connectivity index (χ1v) is 7.66. The van der Waals surface area contributed by atoms with Crippen LogP contribution in [-0.2, 0) is 4.84 Å². The van der Waals surface area contributed by atoms with E-state index in [1.54, 1.807) is 0 Å². The number of hydrogen-bond donors (Lipinski definition) is 1. The van der Waals surface area contributed by atoms with Crippen LogP contribution in [0.2, 0.25) is 0 Å². The van der Waals surface area contributed by atoms with Crippen LogP contribution in [0.1, 0.15) is 85.0 Å². The average molecular weight is 243 g/mol. The molecule has 0 spiro atoms. The van der Waals surface area contributed by atoms with Crippen molar-refractivity contribution in [1.82, 2.24) is 5.48 Å². The molecule has 1 N–H and O–H groups in total. The molecule has 0 heterocycles. The second kappa shape index (κ2) is 14.0. The lowest BCUT2D eigenvalue weighted by Crippen LogP contribution is -2.20. The summed E-state index contributed by atoms with van der Waals surface area (Å²) in [5.41, 5.74) is 3.01. The summed E-state index contributed by atoms with van der Waals surface area (Å²) >= 11 is 0. The van der Waals surface area contributed by atoms with Gasteiger partial charge in [-0.15, -0.1) is 0 Å². The van der Waals surface area contributed by atoms with Crippen molar-refractivity contribution in [3.63, 3.8) is 0 Å². The van der Waals surface area contributed by atoms with Gasteiger partial charge in [-0.2, -0.15) is 0 Å². The Hall–Kier alpha value is -0.0800. The molecule has 0 aromatic heterocycles. The SMILES string of the molecule is CCCCCCCCCCCCNOC(C)C. The molecule has 0 amide bonds. The first-order valence-electron chi connectivity index (χ1n) is 7.66. The third kappa shape index (κ3) is 15.9. The van der Waals surface area contributed by atoms with Gasteiger partial charge in [-0.05, 0) is 20.3 Å². The number of rotatable bonds is 13. The molecule has 0 radical (unpaired) electrons. The molecule has 0 saturated carbocycles. The molecule has 0 aliphatic heterocycles. The smallest absolute Gasteiger partial charge is 0.0734 e. The summed E-state index contributed by atoms with van der Waals surface area (Å²) in [7, 11) is 0. The summed E-state index contributed by atoms with van der Waals surface area (Å²) in [4.78, 5) is 5.27. The van der Waals surface area contributed by atoms with E-state index in [-0.39, 0.29) is 6.10 Å². The van der Waals surface area contributed by atoms with E-state index in [9.17, 15) is 0 Å². The Labute approximate surface area is 108 Å². The minimum absolute atomic E-state index is 0.290. The Kier molecular flexibility index (Phi) is 13.9. The maximum atomic E-state index is 5.27. The minimum Gasteiger partial charge on any atom is -0.299 e. The molecule has 0 fully saturated rings. The van der Waals surface area contributed by atoms with Crippen molar-refractivity contribution in [1.29, 1.82) is 0 Å². The van der Waals surface area contributed by atoms with Gasteiger partial charge in [0.05, 0.1) is 6.10 Å². The molecule has 0 bridgehead atoms. The highest BCUT2D eigenvalue weighted by atomic mass is 16.7.